The fourth-order valence-electron chi connectivity index (χ4n) is 2.15. The first-order valence-electron chi connectivity index (χ1n) is 8.07. The van der Waals surface area contributed by atoms with Crippen molar-refractivity contribution in [3.8, 4) is 0 Å². The number of amides is 1. The van der Waals surface area contributed by atoms with E-state index in [1.807, 2.05) is 0 Å². The second-order valence-corrected chi connectivity index (χ2v) is 8.93. The van der Waals surface area contributed by atoms with Gasteiger partial charge >= 0.3 is 6.09 Å². The van der Waals surface area contributed by atoms with E-state index in [9.17, 15) is 13.2 Å². The minimum atomic E-state index is -3.36. The van der Waals surface area contributed by atoms with Crippen molar-refractivity contribution < 1.29 is 22.7 Å². The molecule has 1 amide bonds. The molecule has 1 fully saturated rings. The van der Waals surface area contributed by atoms with E-state index >= 15 is 0 Å². The molecule has 0 aromatic carbocycles. The van der Waals surface area contributed by atoms with Crippen LogP contribution in [0.1, 0.15) is 45.3 Å². The van der Waals surface area contributed by atoms with E-state index in [4.69, 9.17) is 9.47 Å². The third kappa shape index (κ3) is 6.17. The molecule has 9 heteroatoms. The van der Waals surface area contributed by atoms with Crippen molar-refractivity contribution in [3.63, 3.8) is 0 Å². The van der Waals surface area contributed by atoms with Gasteiger partial charge in [0.15, 0.2) is 0 Å². The van der Waals surface area contributed by atoms with Crippen LogP contribution < -0.4 is 10.0 Å². The van der Waals surface area contributed by atoms with Gasteiger partial charge in [-0.15, -0.1) is 0 Å². The first-order valence-corrected chi connectivity index (χ1v) is 9.61. The van der Waals surface area contributed by atoms with Crippen LogP contribution in [-0.4, -0.2) is 44.1 Å². The molecule has 8 nitrogen and oxygen atoms in total. The third-order valence-electron chi connectivity index (χ3n) is 3.39. The monoisotopic (exact) mass is 371 g/mol. The summed E-state index contributed by atoms with van der Waals surface area (Å²) in [5.41, 5.74) is 0.254. The van der Waals surface area contributed by atoms with Gasteiger partial charge in [0.25, 0.3) is 0 Å². The molecule has 0 bridgehead atoms. The lowest BCUT2D eigenvalue weighted by Gasteiger charge is -2.23. The maximum absolute atomic E-state index is 12.1. The van der Waals surface area contributed by atoms with Crippen molar-refractivity contribution in [3.05, 3.63) is 24.0 Å². The largest absolute Gasteiger partial charge is 0.444 e. The molecule has 1 aromatic heterocycles. The number of methoxy groups -OCH3 is 1. The molecule has 1 heterocycles. The predicted octanol–water partition coefficient (Wildman–Crippen LogP) is 2.20. The molecule has 0 spiro atoms. The molecule has 140 valence electrons. The summed E-state index contributed by atoms with van der Waals surface area (Å²) in [5, 5.41) is 2.37. The molecule has 1 atom stereocenters. The maximum atomic E-state index is 12.1. The second kappa shape index (κ2) is 7.57. The summed E-state index contributed by atoms with van der Waals surface area (Å²) in [7, 11) is -1.86. The molecule has 1 aromatic rings. The number of nitrogens with one attached hydrogen (secondary N) is 2. The smallest absolute Gasteiger partial charge is 0.408 e. The molecule has 1 saturated carbocycles. The summed E-state index contributed by atoms with van der Waals surface area (Å²) in [6.45, 7) is 5.47. The van der Waals surface area contributed by atoms with E-state index in [-0.39, 0.29) is 11.9 Å². The Hall–Kier alpha value is -1.87. The first kappa shape index (κ1) is 19.5. The van der Waals surface area contributed by atoms with Crippen molar-refractivity contribution in [2.24, 2.45) is 0 Å². The van der Waals surface area contributed by atoms with E-state index in [1.165, 1.54) is 13.3 Å². The number of aromatic nitrogens is 1. The van der Waals surface area contributed by atoms with Crippen LogP contribution in [0.3, 0.4) is 0 Å². The summed E-state index contributed by atoms with van der Waals surface area (Å²) in [6.07, 6.45) is 2.25. The van der Waals surface area contributed by atoms with Crippen LogP contribution in [0, 0.1) is 0 Å². The average Bonchev–Trinajstić information content (AvgIpc) is 3.29. The number of carbonyl (C=O) groups is 1. The predicted molar refractivity (Wildman–Crippen MR) is 93.8 cm³/mol. The lowest BCUT2D eigenvalue weighted by Crippen LogP contribution is -2.37. The average molecular weight is 371 g/mol. The van der Waals surface area contributed by atoms with Gasteiger partial charge in [-0.25, -0.2) is 13.2 Å². The lowest BCUT2D eigenvalue weighted by molar-refractivity contribution is 0.0466. The Morgan fingerprint density at radius 2 is 2.08 bits per heavy atom. The lowest BCUT2D eigenvalue weighted by atomic mass is 10.2. The van der Waals surface area contributed by atoms with Crippen LogP contribution in [-0.2, 0) is 19.5 Å². The fraction of sp³-hybridized carbons (Fsp3) is 0.625. The Kier molecular flexibility index (Phi) is 5.89. The number of rotatable bonds is 7. The molecule has 2 rings (SSSR count). The number of ether oxygens (including phenoxy) is 2. The molecular formula is C16H25N3O5S. The molecule has 0 saturated heterocycles. The number of hydrogen-bond acceptors (Lipinski definition) is 6. The highest BCUT2D eigenvalue weighted by Crippen LogP contribution is 2.30. The van der Waals surface area contributed by atoms with Crippen LogP contribution in [0.5, 0.6) is 0 Å². The normalized spacial score (nSPS) is 16.2. The van der Waals surface area contributed by atoms with Crippen LogP contribution in [0.25, 0.3) is 0 Å². The Bertz CT molecular complexity index is 711. The molecule has 1 aliphatic rings. The van der Waals surface area contributed by atoms with Crippen molar-refractivity contribution in [1.29, 1.82) is 0 Å². The molecule has 1 aliphatic carbocycles. The van der Waals surface area contributed by atoms with E-state index in [0.717, 1.165) is 0 Å². The van der Waals surface area contributed by atoms with E-state index < -0.39 is 27.8 Å². The van der Waals surface area contributed by atoms with Crippen LogP contribution in [0.15, 0.2) is 18.3 Å². The zero-order chi connectivity index (χ0) is 18.7. The second-order valence-electron chi connectivity index (χ2n) is 6.97. The summed E-state index contributed by atoms with van der Waals surface area (Å²) in [5.74, 6) is 0. The Morgan fingerprint density at radius 1 is 1.40 bits per heavy atom. The summed E-state index contributed by atoms with van der Waals surface area (Å²) < 4.78 is 37.0. The van der Waals surface area contributed by atoms with Gasteiger partial charge in [-0.05, 0) is 45.7 Å². The van der Waals surface area contributed by atoms with Crippen molar-refractivity contribution >= 4 is 21.8 Å². The van der Waals surface area contributed by atoms with Crippen LogP contribution in [0.4, 0.5) is 10.5 Å². The first-order chi connectivity index (χ1) is 11.6. The SMILES string of the molecule is COCC(NC(=O)OC(C)(C)C)c1cc(NS(=O)(=O)C2CC2)ccn1. The molecule has 25 heavy (non-hydrogen) atoms. The van der Waals surface area contributed by atoms with Gasteiger partial charge in [-0.2, -0.15) is 0 Å². The van der Waals surface area contributed by atoms with Crippen molar-refractivity contribution in [2.45, 2.75) is 50.5 Å². The Balaban J connectivity index is 2.12. The quantitative estimate of drug-likeness (QED) is 0.761. The standard InChI is InChI=1S/C16H25N3O5S/c1-16(2,3)24-15(20)18-14(10-23-4)13-9-11(7-8-17-13)19-25(21,22)12-5-6-12/h7-9,12,14H,5-6,10H2,1-4H3,(H,17,19)(H,18,20). The zero-order valence-corrected chi connectivity index (χ0v) is 15.7. The Labute approximate surface area is 148 Å². The number of pyridine rings is 1. The zero-order valence-electron chi connectivity index (χ0n) is 14.9. The fourth-order valence-corrected chi connectivity index (χ4v) is 3.52. The van der Waals surface area contributed by atoms with Gasteiger partial charge in [0.1, 0.15) is 5.60 Å². The van der Waals surface area contributed by atoms with E-state index in [0.29, 0.717) is 24.2 Å². The van der Waals surface area contributed by atoms with Gasteiger partial charge in [0.05, 0.1) is 29.3 Å². The molecule has 0 aliphatic heterocycles. The number of sulfonamides is 1. The number of nitrogens with zero attached hydrogens (tertiary/aromatic N) is 1. The summed E-state index contributed by atoms with van der Waals surface area (Å²) in [4.78, 5) is 16.2. The highest BCUT2D eigenvalue weighted by molar-refractivity contribution is 7.93. The number of hydrogen-bond donors (Lipinski definition) is 2. The third-order valence-corrected chi connectivity index (χ3v) is 5.26. The maximum Gasteiger partial charge on any atom is 0.408 e. The van der Waals surface area contributed by atoms with Gasteiger partial charge < -0.3 is 14.8 Å². The minimum Gasteiger partial charge on any atom is -0.444 e. The summed E-state index contributed by atoms with van der Waals surface area (Å²) >= 11 is 0. The van der Waals surface area contributed by atoms with E-state index in [2.05, 4.69) is 15.0 Å². The number of anilines is 1. The highest BCUT2D eigenvalue weighted by atomic mass is 32.2. The molecule has 1 unspecified atom stereocenters. The summed E-state index contributed by atoms with van der Waals surface area (Å²) in [6, 6.07) is 2.59. The van der Waals surface area contributed by atoms with Crippen molar-refractivity contribution in [2.75, 3.05) is 18.4 Å². The van der Waals surface area contributed by atoms with E-state index in [1.54, 1.807) is 32.9 Å². The highest BCUT2D eigenvalue weighted by Gasteiger charge is 2.35. The van der Waals surface area contributed by atoms with Crippen LogP contribution in [0.2, 0.25) is 0 Å². The van der Waals surface area contributed by atoms with Crippen LogP contribution >= 0.6 is 0 Å². The molecule has 0 radical (unpaired) electrons. The number of carbonyl (C=O) groups excluding carboxylic acids is 1. The molecular weight excluding hydrogens is 346 g/mol. The Morgan fingerprint density at radius 3 is 2.64 bits per heavy atom. The minimum absolute atomic E-state index is 0.172. The van der Waals surface area contributed by atoms with Crippen molar-refractivity contribution in [1.82, 2.24) is 10.3 Å². The molecule has 2 N–H and O–H groups in total. The van der Waals surface area contributed by atoms with Gasteiger partial charge in [-0.1, -0.05) is 0 Å². The van der Waals surface area contributed by atoms with Gasteiger partial charge in [0.2, 0.25) is 10.0 Å². The van der Waals surface area contributed by atoms with Gasteiger partial charge in [0, 0.05) is 13.3 Å². The van der Waals surface area contributed by atoms with Gasteiger partial charge in [-0.3, -0.25) is 9.71 Å². The number of alkyl carbamates (subject to hydrolysis) is 1. The topological polar surface area (TPSA) is 107 Å².